The predicted octanol–water partition coefficient (Wildman–Crippen LogP) is 10.4. The average molecular weight is 613 g/mol. The van der Waals surface area contributed by atoms with Crippen molar-refractivity contribution in [2.75, 3.05) is 39.3 Å². The Morgan fingerprint density at radius 2 is 0.588 bits per heavy atom. The highest BCUT2D eigenvalue weighted by atomic mass is 79.9. The summed E-state index contributed by atoms with van der Waals surface area (Å²) in [5.74, 6) is 0. The smallest absolute Gasteiger partial charge is 0.144 e. The van der Waals surface area contributed by atoms with Crippen LogP contribution in [0, 0.1) is 0 Å². The number of hydrogen-bond acceptors (Lipinski definition) is 0. The minimum atomic E-state index is 0.656. The number of unbranched alkanes of at least 4 members (excludes halogenated alkanes) is 7. The van der Waals surface area contributed by atoms with Gasteiger partial charge in [-0.25, -0.2) is 0 Å². The summed E-state index contributed by atoms with van der Waals surface area (Å²) in [6, 6.07) is 0. The van der Waals surface area contributed by atoms with Crippen molar-refractivity contribution < 1.29 is 8.97 Å². The van der Waals surface area contributed by atoms with Crippen LogP contribution in [-0.4, -0.2) is 58.1 Å². The van der Waals surface area contributed by atoms with E-state index in [1.807, 2.05) is 0 Å². The third-order valence-electron chi connectivity index (χ3n) is 7.84. The first-order chi connectivity index (χ1) is 16.4. The number of rotatable bonds is 25. The molecule has 0 aliphatic rings. The van der Waals surface area contributed by atoms with Crippen molar-refractivity contribution >= 4 is 31.9 Å². The number of halogens is 2. The normalized spacial score (nSPS) is 14.5. The van der Waals surface area contributed by atoms with Gasteiger partial charge >= 0.3 is 0 Å². The molecule has 0 aliphatic heterocycles. The maximum absolute atomic E-state index is 4.14. The van der Waals surface area contributed by atoms with E-state index >= 15 is 0 Å². The molecule has 0 N–H and O–H groups in total. The zero-order valence-electron chi connectivity index (χ0n) is 24.4. The van der Waals surface area contributed by atoms with Crippen molar-refractivity contribution in [3.8, 4) is 0 Å². The molecule has 0 bridgehead atoms. The number of quaternary nitrogens is 2. The standard InChI is InChI=1S/C30H64Br2N2/c1-7-23-33(24-8-2,25-9-3)29(31)21-19-17-15-13-14-16-18-20-22-30(32)34(26-10-4,27-11-5)28-12-6/h29-30H,7-28H2,1-6H3/q+2. The Morgan fingerprint density at radius 1 is 0.382 bits per heavy atom. The van der Waals surface area contributed by atoms with Gasteiger partial charge in [-0.3, -0.25) is 0 Å². The fraction of sp³-hybridized carbons (Fsp3) is 1.00. The maximum Gasteiger partial charge on any atom is 0.144 e. The van der Waals surface area contributed by atoms with Crippen molar-refractivity contribution in [3.05, 3.63) is 0 Å². The molecule has 0 aliphatic carbocycles. The summed E-state index contributed by atoms with van der Waals surface area (Å²) in [4.78, 5) is 1.31. The van der Waals surface area contributed by atoms with E-state index in [0.717, 1.165) is 0 Å². The van der Waals surface area contributed by atoms with Gasteiger partial charge in [0.1, 0.15) is 9.90 Å². The first-order valence-electron chi connectivity index (χ1n) is 15.4. The number of hydrogen-bond donors (Lipinski definition) is 0. The van der Waals surface area contributed by atoms with Crippen LogP contribution in [0.15, 0.2) is 0 Å². The Morgan fingerprint density at radius 3 is 0.794 bits per heavy atom. The fourth-order valence-corrected chi connectivity index (χ4v) is 8.29. The van der Waals surface area contributed by atoms with Gasteiger partial charge in [-0.2, -0.15) is 0 Å². The Balaban J connectivity index is 4.11. The van der Waals surface area contributed by atoms with Gasteiger partial charge in [-0.1, -0.05) is 80.1 Å². The van der Waals surface area contributed by atoms with Gasteiger partial charge in [0.15, 0.2) is 0 Å². The fourth-order valence-electron chi connectivity index (χ4n) is 6.42. The van der Waals surface area contributed by atoms with Crippen LogP contribution in [0.2, 0.25) is 0 Å². The summed E-state index contributed by atoms with van der Waals surface area (Å²) in [5, 5.41) is 0. The summed E-state index contributed by atoms with van der Waals surface area (Å²) in [6.45, 7) is 22.1. The third kappa shape index (κ3) is 13.4. The highest BCUT2D eigenvalue weighted by molar-refractivity contribution is 9.09. The summed E-state index contributed by atoms with van der Waals surface area (Å²) in [7, 11) is 0. The van der Waals surface area contributed by atoms with Gasteiger partial charge in [0.25, 0.3) is 0 Å². The maximum atomic E-state index is 4.14. The van der Waals surface area contributed by atoms with Gasteiger partial charge in [0.05, 0.1) is 39.3 Å². The molecule has 0 heterocycles. The largest absolute Gasteiger partial charge is 0.312 e. The minimum absolute atomic E-state index is 0.656. The monoisotopic (exact) mass is 610 g/mol. The molecule has 0 radical (unpaired) electrons. The molecule has 2 unspecified atom stereocenters. The van der Waals surface area contributed by atoms with E-state index in [0.29, 0.717) is 9.90 Å². The van der Waals surface area contributed by atoms with E-state index < -0.39 is 0 Å². The SMILES string of the molecule is CCC[N+](CCC)(CCC)C(Br)CCCCCCCCCCC(Br)[N+](CCC)(CCC)CCC. The lowest BCUT2D eigenvalue weighted by molar-refractivity contribution is -0.936. The molecule has 2 atom stereocenters. The Labute approximate surface area is 233 Å². The first-order valence-corrected chi connectivity index (χ1v) is 17.2. The second kappa shape index (κ2) is 21.9. The van der Waals surface area contributed by atoms with E-state index in [9.17, 15) is 0 Å². The summed E-state index contributed by atoms with van der Waals surface area (Å²) < 4.78 is 2.60. The van der Waals surface area contributed by atoms with Crippen molar-refractivity contribution in [1.82, 2.24) is 0 Å². The topological polar surface area (TPSA) is 0 Å². The molecular weight excluding hydrogens is 548 g/mol. The molecule has 0 saturated heterocycles. The van der Waals surface area contributed by atoms with Gasteiger partial charge < -0.3 is 8.97 Å². The Hall–Kier alpha value is 0.880. The van der Waals surface area contributed by atoms with Crippen molar-refractivity contribution in [2.45, 2.75) is 154 Å². The molecule has 0 saturated carbocycles. The molecular formula is C30H64Br2N2+2. The van der Waals surface area contributed by atoms with E-state index in [1.165, 1.54) is 151 Å². The van der Waals surface area contributed by atoms with E-state index in [2.05, 4.69) is 73.4 Å². The van der Waals surface area contributed by atoms with Crippen molar-refractivity contribution in [1.29, 1.82) is 0 Å². The van der Waals surface area contributed by atoms with Crippen LogP contribution in [0.3, 0.4) is 0 Å². The molecule has 0 spiro atoms. The lowest BCUT2D eigenvalue weighted by atomic mass is 10.0. The molecule has 4 heteroatoms. The van der Waals surface area contributed by atoms with Crippen LogP contribution >= 0.6 is 31.9 Å². The van der Waals surface area contributed by atoms with Crippen LogP contribution in [0.25, 0.3) is 0 Å². The van der Waals surface area contributed by atoms with E-state index in [4.69, 9.17) is 0 Å². The molecule has 206 valence electrons. The van der Waals surface area contributed by atoms with Crippen LogP contribution in [0.1, 0.15) is 144 Å². The predicted molar refractivity (Wildman–Crippen MR) is 163 cm³/mol. The molecule has 0 fully saturated rings. The molecule has 34 heavy (non-hydrogen) atoms. The third-order valence-corrected chi connectivity index (χ3v) is 10.5. The van der Waals surface area contributed by atoms with Gasteiger partial charge in [0.2, 0.25) is 0 Å². The van der Waals surface area contributed by atoms with Crippen LogP contribution in [0.4, 0.5) is 0 Å². The van der Waals surface area contributed by atoms with E-state index in [-0.39, 0.29) is 0 Å². The van der Waals surface area contributed by atoms with Gasteiger partial charge in [0, 0.05) is 12.8 Å². The second-order valence-electron chi connectivity index (χ2n) is 11.1. The molecule has 0 aromatic carbocycles. The molecule has 0 rings (SSSR count). The average Bonchev–Trinajstić information content (AvgIpc) is 2.80. The summed E-state index contributed by atoms with van der Waals surface area (Å²) in [5.41, 5.74) is 0. The second-order valence-corrected chi connectivity index (χ2v) is 13.2. The first kappa shape index (κ1) is 34.9. The summed E-state index contributed by atoms with van der Waals surface area (Å²) in [6.07, 6.45) is 21.8. The Bertz CT molecular complexity index is 369. The quantitative estimate of drug-likeness (QED) is 0.0417. The number of nitrogens with zero attached hydrogens (tertiary/aromatic N) is 2. The summed E-state index contributed by atoms with van der Waals surface area (Å²) >= 11 is 8.28. The highest BCUT2D eigenvalue weighted by Crippen LogP contribution is 2.28. The van der Waals surface area contributed by atoms with Crippen LogP contribution < -0.4 is 0 Å². The van der Waals surface area contributed by atoms with Gasteiger partial charge in [-0.15, -0.1) is 0 Å². The zero-order chi connectivity index (χ0) is 25.7. The molecule has 0 aromatic heterocycles. The van der Waals surface area contributed by atoms with E-state index in [1.54, 1.807) is 0 Å². The van der Waals surface area contributed by atoms with Gasteiger partial charge in [-0.05, 0) is 83.2 Å². The molecule has 2 nitrogen and oxygen atoms in total. The minimum Gasteiger partial charge on any atom is -0.312 e. The van der Waals surface area contributed by atoms with Crippen LogP contribution in [0.5, 0.6) is 0 Å². The van der Waals surface area contributed by atoms with Crippen molar-refractivity contribution in [3.63, 3.8) is 0 Å². The lowest BCUT2D eigenvalue weighted by Crippen LogP contribution is -2.54. The molecule has 0 aromatic rings. The molecule has 0 amide bonds. The zero-order valence-corrected chi connectivity index (χ0v) is 27.5. The van der Waals surface area contributed by atoms with Crippen molar-refractivity contribution in [2.24, 2.45) is 0 Å². The Kier molecular flexibility index (Phi) is 22.5. The number of alkyl halides is 2. The lowest BCUT2D eigenvalue weighted by Gasteiger charge is -2.42. The van der Waals surface area contributed by atoms with Crippen LogP contribution in [-0.2, 0) is 0 Å². The highest BCUT2D eigenvalue weighted by Gasteiger charge is 2.33.